The fourth-order valence-electron chi connectivity index (χ4n) is 2.97. The van der Waals surface area contributed by atoms with Crippen LogP contribution in [0, 0.1) is 0 Å². The summed E-state index contributed by atoms with van der Waals surface area (Å²) >= 11 is 0. The van der Waals surface area contributed by atoms with Crippen molar-refractivity contribution >= 4 is 23.1 Å². The number of hydrogen-bond acceptors (Lipinski definition) is 7. The average Bonchev–Trinajstić information content (AvgIpc) is 2.74. The maximum atomic E-state index is 5.41. The Kier molecular flexibility index (Phi) is 6.26. The third-order valence-corrected chi connectivity index (χ3v) is 4.47. The van der Waals surface area contributed by atoms with Crippen LogP contribution in [0.25, 0.3) is 0 Å². The van der Waals surface area contributed by atoms with Gasteiger partial charge in [0.1, 0.15) is 11.5 Å². The lowest BCUT2D eigenvalue weighted by Crippen LogP contribution is -2.05. The van der Waals surface area contributed by atoms with E-state index < -0.39 is 0 Å². The van der Waals surface area contributed by atoms with Crippen LogP contribution in [0.3, 0.4) is 0 Å². The van der Waals surface area contributed by atoms with Gasteiger partial charge in [-0.2, -0.15) is 10.1 Å². The topological polar surface area (TPSA) is 81.2 Å². The molecular weight excluding hydrogens is 354 g/mol. The van der Waals surface area contributed by atoms with E-state index in [9.17, 15) is 0 Å². The van der Waals surface area contributed by atoms with Gasteiger partial charge < -0.3 is 20.1 Å². The highest BCUT2D eigenvalue weighted by Gasteiger charge is 2.10. The molecule has 0 spiro atoms. The summed E-state index contributed by atoms with van der Waals surface area (Å²) in [5.74, 6) is 2.34. The van der Waals surface area contributed by atoms with E-state index in [0.717, 1.165) is 24.2 Å². The minimum absolute atomic E-state index is 0.375. The van der Waals surface area contributed by atoms with Crippen LogP contribution >= 0.6 is 0 Å². The van der Waals surface area contributed by atoms with Crippen molar-refractivity contribution in [1.29, 1.82) is 0 Å². The van der Waals surface area contributed by atoms with Crippen LogP contribution in [0.1, 0.15) is 25.0 Å². The van der Waals surface area contributed by atoms with E-state index in [1.54, 1.807) is 26.5 Å². The van der Waals surface area contributed by atoms with Gasteiger partial charge in [0.2, 0.25) is 5.95 Å². The maximum absolute atomic E-state index is 5.41. The number of ether oxygens (including phenoxy) is 2. The summed E-state index contributed by atoms with van der Waals surface area (Å²) in [5.41, 5.74) is 4.29. The average molecular weight is 379 g/mol. The van der Waals surface area contributed by atoms with Gasteiger partial charge in [0.15, 0.2) is 5.82 Å². The number of hydrogen-bond donors (Lipinski definition) is 2. The van der Waals surface area contributed by atoms with E-state index in [1.807, 2.05) is 12.1 Å². The van der Waals surface area contributed by atoms with Crippen LogP contribution in [-0.4, -0.2) is 29.4 Å². The Morgan fingerprint density at radius 3 is 2.32 bits per heavy atom. The zero-order chi connectivity index (χ0) is 19.9. The first kappa shape index (κ1) is 19.4. The molecule has 146 valence electrons. The van der Waals surface area contributed by atoms with Gasteiger partial charge in [-0.15, -0.1) is 5.10 Å². The van der Waals surface area contributed by atoms with Crippen LogP contribution in [0.2, 0.25) is 0 Å². The summed E-state index contributed by atoms with van der Waals surface area (Å²) in [6, 6.07) is 11.8. The zero-order valence-corrected chi connectivity index (χ0v) is 16.6. The molecule has 0 aliphatic carbocycles. The van der Waals surface area contributed by atoms with Gasteiger partial charge in [-0.05, 0) is 36.1 Å². The second-order valence-corrected chi connectivity index (χ2v) is 6.14. The monoisotopic (exact) mass is 379 g/mol. The van der Waals surface area contributed by atoms with Crippen molar-refractivity contribution in [3.8, 4) is 11.5 Å². The second kappa shape index (κ2) is 9.03. The number of rotatable bonds is 8. The third-order valence-electron chi connectivity index (χ3n) is 4.47. The molecule has 28 heavy (non-hydrogen) atoms. The molecule has 0 bridgehead atoms. The molecule has 3 aromatic rings. The third kappa shape index (κ3) is 4.31. The first-order valence-electron chi connectivity index (χ1n) is 9.25. The zero-order valence-electron chi connectivity index (χ0n) is 16.6. The predicted molar refractivity (Wildman–Crippen MR) is 111 cm³/mol. The quantitative estimate of drug-likeness (QED) is 0.596. The molecule has 2 N–H and O–H groups in total. The van der Waals surface area contributed by atoms with E-state index in [-0.39, 0.29) is 0 Å². The Balaban J connectivity index is 1.86. The summed E-state index contributed by atoms with van der Waals surface area (Å²) < 4.78 is 10.6. The van der Waals surface area contributed by atoms with Crippen molar-refractivity contribution in [3.63, 3.8) is 0 Å². The largest absolute Gasteiger partial charge is 0.497 e. The molecule has 0 aliphatic rings. The van der Waals surface area contributed by atoms with E-state index in [4.69, 9.17) is 9.47 Å². The lowest BCUT2D eigenvalue weighted by atomic mass is 10.0. The molecule has 7 heteroatoms. The maximum Gasteiger partial charge on any atom is 0.249 e. The summed E-state index contributed by atoms with van der Waals surface area (Å²) in [5, 5.41) is 14.7. The van der Waals surface area contributed by atoms with Gasteiger partial charge in [0.05, 0.1) is 26.1 Å². The van der Waals surface area contributed by atoms with Gasteiger partial charge in [0.25, 0.3) is 0 Å². The van der Waals surface area contributed by atoms with Gasteiger partial charge >= 0.3 is 0 Å². The number of methoxy groups -OCH3 is 2. The molecule has 0 aliphatic heterocycles. The number of aromatic nitrogens is 3. The first-order valence-corrected chi connectivity index (χ1v) is 9.25. The molecule has 0 atom stereocenters. The minimum Gasteiger partial charge on any atom is -0.497 e. The molecular formula is C21H25N5O2. The number of anilines is 4. The molecule has 0 amide bonds. The van der Waals surface area contributed by atoms with Gasteiger partial charge in [-0.25, -0.2) is 0 Å². The fraction of sp³-hybridized carbons (Fsp3) is 0.286. The van der Waals surface area contributed by atoms with Gasteiger partial charge in [-0.3, -0.25) is 0 Å². The Hall–Kier alpha value is -3.35. The van der Waals surface area contributed by atoms with E-state index in [1.165, 1.54) is 11.1 Å². The van der Waals surface area contributed by atoms with E-state index >= 15 is 0 Å². The standard InChI is InChI=1S/C21H25N5O2/c1-5-14-8-7-9-15(6-2)20(14)24-19-13-22-26-21(25-19)23-17-11-10-16(27-3)12-18(17)28-4/h7-13H,5-6H2,1-4H3,(H2,23,24,25,26). The lowest BCUT2D eigenvalue weighted by molar-refractivity contribution is 0.395. The normalized spacial score (nSPS) is 10.4. The van der Waals surface area contributed by atoms with E-state index in [0.29, 0.717) is 23.3 Å². The molecule has 0 unspecified atom stereocenters. The molecule has 3 rings (SSSR count). The molecule has 7 nitrogen and oxygen atoms in total. The summed E-state index contributed by atoms with van der Waals surface area (Å²) in [4.78, 5) is 4.55. The van der Waals surface area contributed by atoms with E-state index in [2.05, 4.69) is 57.9 Å². The number of benzene rings is 2. The van der Waals surface area contributed by atoms with Crippen molar-refractivity contribution < 1.29 is 9.47 Å². The Bertz CT molecular complexity index is 924. The summed E-state index contributed by atoms with van der Waals surface area (Å²) in [6.45, 7) is 4.28. The van der Waals surface area contributed by atoms with Crippen molar-refractivity contribution in [2.24, 2.45) is 0 Å². The Morgan fingerprint density at radius 2 is 1.68 bits per heavy atom. The Labute approximate surface area is 165 Å². The number of nitrogens with one attached hydrogen (secondary N) is 2. The molecule has 0 saturated carbocycles. The SMILES string of the molecule is CCc1cccc(CC)c1Nc1cnnc(Nc2ccc(OC)cc2OC)n1. The Morgan fingerprint density at radius 1 is 0.929 bits per heavy atom. The summed E-state index contributed by atoms with van der Waals surface area (Å²) in [7, 11) is 3.22. The molecule has 0 fully saturated rings. The van der Waals surface area contributed by atoms with Crippen molar-refractivity contribution in [3.05, 3.63) is 53.7 Å². The molecule has 1 heterocycles. The van der Waals surface area contributed by atoms with Crippen LogP contribution in [0.4, 0.5) is 23.1 Å². The van der Waals surface area contributed by atoms with Crippen LogP contribution in [0.15, 0.2) is 42.6 Å². The van der Waals surface area contributed by atoms with Crippen molar-refractivity contribution in [1.82, 2.24) is 15.2 Å². The van der Waals surface area contributed by atoms with Gasteiger partial charge in [-0.1, -0.05) is 32.0 Å². The highest BCUT2D eigenvalue weighted by atomic mass is 16.5. The highest BCUT2D eigenvalue weighted by Crippen LogP contribution is 2.31. The van der Waals surface area contributed by atoms with Gasteiger partial charge in [0, 0.05) is 11.8 Å². The number of para-hydroxylation sites is 1. The molecule has 2 aromatic carbocycles. The van der Waals surface area contributed by atoms with Crippen LogP contribution in [0.5, 0.6) is 11.5 Å². The molecule has 1 aromatic heterocycles. The number of nitrogens with zero attached hydrogens (tertiary/aromatic N) is 3. The first-order chi connectivity index (χ1) is 13.7. The van der Waals surface area contributed by atoms with Crippen molar-refractivity contribution in [2.45, 2.75) is 26.7 Å². The fourth-order valence-corrected chi connectivity index (χ4v) is 2.97. The highest BCUT2D eigenvalue weighted by molar-refractivity contribution is 5.67. The van der Waals surface area contributed by atoms with Crippen LogP contribution < -0.4 is 20.1 Å². The minimum atomic E-state index is 0.375. The predicted octanol–water partition coefficient (Wildman–Crippen LogP) is 4.50. The van der Waals surface area contributed by atoms with Crippen molar-refractivity contribution in [2.75, 3.05) is 24.9 Å². The molecule has 0 radical (unpaired) electrons. The lowest BCUT2D eigenvalue weighted by Gasteiger charge is -2.15. The second-order valence-electron chi connectivity index (χ2n) is 6.14. The van der Waals surface area contributed by atoms with Crippen LogP contribution in [-0.2, 0) is 12.8 Å². The molecule has 0 saturated heterocycles. The number of aryl methyl sites for hydroxylation is 2. The smallest absolute Gasteiger partial charge is 0.249 e. The summed E-state index contributed by atoms with van der Waals surface area (Å²) in [6.07, 6.45) is 3.48.